The predicted molar refractivity (Wildman–Crippen MR) is 74.4 cm³/mol. The van der Waals surface area contributed by atoms with E-state index in [4.69, 9.17) is 14.2 Å². The highest BCUT2D eigenvalue weighted by atomic mass is 16.6. The van der Waals surface area contributed by atoms with Crippen LogP contribution in [0.3, 0.4) is 0 Å². The minimum absolute atomic E-state index is 0.246. The number of ether oxygens (including phenoxy) is 3. The van der Waals surface area contributed by atoms with Crippen LogP contribution in [0.25, 0.3) is 0 Å². The SMILES string of the molecule is CC(=O)Oc1ccc(OC(C)=O)c2c1C[C@@]1(C)O[C@@]1(C)C2. The number of hydrogen-bond donors (Lipinski definition) is 0. The highest BCUT2D eigenvalue weighted by molar-refractivity contribution is 5.73. The lowest BCUT2D eigenvalue weighted by Gasteiger charge is -2.25. The average Bonchev–Trinajstić information content (AvgIpc) is 2.90. The molecule has 112 valence electrons. The summed E-state index contributed by atoms with van der Waals surface area (Å²) in [5, 5.41) is 0. The molecule has 0 amide bonds. The zero-order valence-corrected chi connectivity index (χ0v) is 12.6. The smallest absolute Gasteiger partial charge is 0.308 e. The monoisotopic (exact) mass is 290 g/mol. The van der Waals surface area contributed by atoms with Crippen LogP contribution in [0.2, 0.25) is 0 Å². The van der Waals surface area contributed by atoms with E-state index in [1.54, 1.807) is 12.1 Å². The minimum atomic E-state index is -0.368. The molecule has 5 nitrogen and oxygen atoms in total. The van der Waals surface area contributed by atoms with E-state index in [1.165, 1.54) is 13.8 Å². The Hall–Kier alpha value is -1.88. The van der Waals surface area contributed by atoms with Crippen LogP contribution in [0, 0.1) is 0 Å². The number of hydrogen-bond acceptors (Lipinski definition) is 5. The number of esters is 2. The third kappa shape index (κ3) is 2.21. The van der Waals surface area contributed by atoms with Crippen molar-refractivity contribution in [1.29, 1.82) is 0 Å². The maximum atomic E-state index is 11.3. The van der Waals surface area contributed by atoms with Gasteiger partial charge in [0, 0.05) is 37.8 Å². The Morgan fingerprint density at radius 1 is 0.952 bits per heavy atom. The lowest BCUT2D eigenvalue weighted by molar-refractivity contribution is -0.133. The number of fused-ring (bicyclic) bond motifs is 2. The standard InChI is InChI=1S/C16H18O5/c1-9(17)19-13-5-6-14(20-10(2)18)12-8-16(4)15(3,21-16)7-11(12)13/h5-6H,7-8H2,1-4H3/t15-,16+. The highest BCUT2D eigenvalue weighted by Crippen LogP contribution is 2.57. The summed E-state index contributed by atoms with van der Waals surface area (Å²) in [6.07, 6.45) is 1.27. The maximum Gasteiger partial charge on any atom is 0.308 e. The molecule has 2 atom stereocenters. The summed E-state index contributed by atoms with van der Waals surface area (Å²) in [5.41, 5.74) is 1.29. The van der Waals surface area contributed by atoms with E-state index >= 15 is 0 Å². The molecular weight excluding hydrogens is 272 g/mol. The van der Waals surface area contributed by atoms with Crippen LogP contribution in [0.4, 0.5) is 0 Å². The topological polar surface area (TPSA) is 65.1 Å². The highest BCUT2D eigenvalue weighted by Gasteiger charge is 2.66. The number of epoxide rings is 1. The van der Waals surface area contributed by atoms with Gasteiger partial charge in [-0.1, -0.05) is 0 Å². The molecule has 0 radical (unpaired) electrons. The summed E-state index contributed by atoms with van der Waals surface area (Å²) in [5.74, 6) is 0.305. The number of rotatable bonds is 2. The molecule has 0 saturated carbocycles. The van der Waals surface area contributed by atoms with Gasteiger partial charge in [0.25, 0.3) is 0 Å². The van der Waals surface area contributed by atoms with Gasteiger partial charge in [-0.05, 0) is 26.0 Å². The fourth-order valence-corrected chi connectivity index (χ4v) is 3.13. The summed E-state index contributed by atoms with van der Waals surface area (Å²) in [6, 6.07) is 3.35. The Morgan fingerprint density at radius 2 is 1.33 bits per heavy atom. The zero-order valence-electron chi connectivity index (χ0n) is 12.6. The van der Waals surface area contributed by atoms with Crippen LogP contribution in [-0.2, 0) is 27.2 Å². The fraction of sp³-hybridized carbons (Fsp3) is 0.500. The van der Waals surface area contributed by atoms with Crippen LogP contribution in [0.5, 0.6) is 11.5 Å². The fourth-order valence-electron chi connectivity index (χ4n) is 3.13. The Morgan fingerprint density at radius 3 is 1.67 bits per heavy atom. The van der Waals surface area contributed by atoms with Crippen molar-refractivity contribution in [2.24, 2.45) is 0 Å². The predicted octanol–water partition coefficient (Wildman–Crippen LogP) is 2.18. The van der Waals surface area contributed by atoms with Crippen molar-refractivity contribution < 1.29 is 23.8 Å². The minimum Gasteiger partial charge on any atom is -0.426 e. The number of benzene rings is 1. The van der Waals surface area contributed by atoms with Gasteiger partial charge in [0.15, 0.2) is 0 Å². The maximum absolute atomic E-state index is 11.3. The molecule has 1 fully saturated rings. The molecule has 0 spiro atoms. The Balaban J connectivity index is 2.07. The third-order valence-corrected chi connectivity index (χ3v) is 4.41. The first-order valence-corrected chi connectivity index (χ1v) is 6.96. The van der Waals surface area contributed by atoms with Crippen molar-refractivity contribution in [2.75, 3.05) is 0 Å². The van der Waals surface area contributed by atoms with Crippen molar-refractivity contribution in [3.8, 4) is 11.5 Å². The second kappa shape index (κ2) is 4.31. The summed E-state index contributed by atoms with van der Waals surface area (Å²) in [4.78, 5) is 22.5. The number of carbonyl (C=O) groups is 2. The van der Waals surface area contributed by atoms with Crippen molar-refractivity contribution in [2.45, 2.75) is 51.7 Å². The van der Waals surface area contributed by atoms with E-state index in [9.17, 15) is 9.59 Å². The molecule has 0 unspecified atom stereocenters. The van der Waals surface area contributed by atoms with Gasteiger partial charge in [-0.15, -0.1) is 0 Å². The molecule has 1 heterocycles. The molecule has 21 heavy (non-hydrogen) atoms. The molecule has 1 aliphatic carbocycles. The molecule has 1 aromatic carbocycles. The van der Waals surface area contributed by atoms with Crippen LogP contribution >= 0.6 is 0 Å². The Labute approximate surface area is 123 Å². The Kier molecular flexibility index (Phi) is 2.89. The quantitative estimate of drug-likeness (QED) is 0.474. The van der Waals surface area contributed by atoms with Gasteiger partial charge in [0.2, 0.25) is 0 Å². The molecular formula is C16H18O5. The van der Waals surface area contributed by atoms with E-state index in [0.29, 0.717) is 24.3 Å². The van der Waals surface area contributed by atoms with Crippen LogP contribution < -0.4 is 9.47 Å². The largest absolute Gasteiger partial charge is 0.426 e. The molecule has 1 saturated heterocycles. The normalized spacial score (nSPS) is 29.1. The van der Waals surface area contributed by atoms with Gasteiger partial charge >= 0.3 is 11.9 Å². The molecule has 1 aromatic rings. The summed E-state index contributed by atoms with van der Waals surface area (Å²) < 4.78 is 16.4. The van der Waals surface area contributed by atoms with E-state index < -0.39 is 0 Å². The summed E-state index contributed by atoms with van der Waals surface area (Å²) in [6.45, 7) is 6.83. The first-order valence-electron chi connectivity index (χ1n) is 6.96. The molecule has 1 aliphatic heterocycles. The van der Waals surface area contributed by atoms with Gasteiger partial charge < -0.3 is 14.2 Å². The third-order valence-electron chi connectivity index (χ3n) is 4.41. The van der Waals surface area contributed by atoms with Gasteiger partial charge in [-0.3, -0.25) is 9.59 Å². The van der Waals surface area contributed by atoms with E-state index in [0.717, 1.165) is 11.1 Å². The second-order valence-corrected chi connectivity index (χ2v) is 6.12. The van der Waals surface area contributed by atoms with Gasteiger partial charge in [0.05, 0.1) is 11.2 Å². The zero-order chi connectivity index (χ0) is 15.4. The summed E-state index contributed by atoms with van der Waals surface area (Å²) >= 11 is 0. The van der Waals surface area contributed by atoms with Crippen molar-refractivity contribution >= 4 is 11.9 Å². The van der Waals surface area contributed by atoms with Gasteiger partial charge in [-0.2, -0.15) is 0 Å². The van der Waals surface area contributed by atoms with Gasteiger partial charge in [-0.25, -0.2) is 0 Å². The second-order valence-electron chi connectivity index (χ2n) is 6.12. The number of carbonyl (C=O) groups excluding carboxylic acids is 2. The van der Waals surface area contributed by atoms with Crippen molar-refractivity contribution in [3.63, 3.8) is 0 Å². The molecule has 5 heteroatoms. The van der Waals surface area contributed by atoms with E-state index in [2.05, 4.69) is 0 Å². The lowest BCUT2D eigenvalue weighted by Crippen LogP contribution is -2.31. The average molecular weight is 290 g/mol. The van der Waals surface area contributed by atoms with Crippen molar-refractivity contribution in [1.82, 2.24) is 0 Å². The first kappa shape index (κ1) is 14.1. The molecule has 0 bridgehead atoms. The van der Waals surface area contributed by atoms with Crippen LogP contribution in [0.1, 0.15) is 38.8 Å². The molecule has 0 N–H and O–H groups in total. The van der Waals surface area contributed by atoms with Crippen LogP contribution in [0.15, 0.2) is 12.1 Å². The summed E-state index contributed by atoms with van der Waals surface area (Å²) in [7, 11) is 0. The lowest BCUT2D eigenvalue weighted by atomic mass is 9.77. The van der Waals surface area contributed by atoms with Gasteiger partial charge in [0.1, 0.15) is 11.5 Å². The first-order chi connectivity index (χ1) is 9.74. The molecule has 0 aromatic heterocycles. The molecule has 2 aliphatic rings. The van der Waals surface area contributed by atoms with Crippen molar-refractivity contribution in [3.05, 3.63) is 23.3 Å². The van der Waals surface area contributed by atoms with E-state index in [-0.39, 0.29) is 23.1 Å². The van der Waals surface area contributed by atoms with Crippen LogP contribution in [-0.4, -0.2) is 23.1 Å². The van der Waals surface area contributed by atoms with E-state index in [1.807, 2.05) is 13.8 Å². The molecule has 3 rings (SSSR count). The Bertz CT molecular complexity index is 595.